The summed E-state index contributed by atoms with van der Waals surface area (Å²) in [5.41, 5.74) is 1.10. The van der Waals surface area contributed by atoms with Crippen molar-refractivity contribution in [1.82, 2.24) is 25.5 Å². The number of hydrogen-bond acceptors (Lipinski definition) is 5. The Morgan fingerprint density at radius 2 is 2.28 bits per heavy atom. The van der Waals surface area contributed by atoms with Crippen LogP contribution in [0.2, 0.25) is 0 Å². The smallest absolute Gasteiger partial charge is 0.168 e. The number of hydrogen-bond donors (Lipinski definition) is 1. The Bertz CT molecular complexity index is 511. The molecule has 96 valence electrons. The molecule has 1 atom stereocenters. The van der Waals surface area contributed by atoms with E-state index in [4.69, 9.17) is 4.74 Å². The molecule has 0 saturated carbocycles. The Morgan fingerprint density at radius 1 is 1.44 bits per heavy atom. The van der Waals surface area contributed by atoms with Crippen LogP contribution in [0, 0.1) is 0 Å². The Kier molecular flexibility index (Phi) is 3.88. The first-order valence-electron chi connectivity index (χ1n) is 5.81. The van der Waals surface area contributed by atoms with Crippen molar-refractivity contribution in [2.24, 2.45) is 0 Å². The molecule has 2 aromatic rings. The van der Waals surface area contributed by atoms with Crippen LogP contribution in [-0.2, 0) is 6.54 Å². The van der Waals surface area contributed by atoms with Gasteiger partial charge in [-0.25, -0.2) is 4.68 Å². The minimum atomic E-state index is 0.116. The van der Waals surface area contributed by atoms with Crippen LogP contribution in [0.3, 0.4) is 0 Å². The van der Waals surface area contributed by atoms with Crippen molar-refractivity contribution in [1.29, 1.82) is 0 Å². The summed E-state index contributed by atoms with van der Waals surface area (Å²) in [6.45, 7) is 2.65. The average molecular weight is 247 g/mol. The summed E-state index contributed by atoms with van der Waals surface area (Å²) in [5.74, 6) is 1.66. The Balaban J connectivity index is 2.20. The van der Waals surface area contributed by atoms with Gasteiger partial charge in [0.2, 0.25) is 0 Å². The van der Waals surface area contributed by atoms with Crippen molar-refractivity contribution in [3.05, 3.63) is 35.7 Å². The molecule has 1 N–H and O–H groups in total. The third kappa shape index (κ3) is 2.65. The van der Waals surface area contributed by atoms with E-state index in [2.05, 4.69) is 20.8 Å². The predicted molar refractivity (Wildman–Crippen MR) is 67.4 cm³/mol. The number of benzene rings is 1. The molecule has 6 heteroatoms. The highest BCUT2D eigenvalue weighted by atomic mass is 16.5. The van der Waals surface area contributed by atoms with Crippen LogP contribution >= 0.6 is 0 Å². The highest BCUT2D eigenvalue weighted by molar-refractivity contribution is 5.28. The first-order valence-corrected chi connectivity index (χ1v) is 5.81. The van der Waals surface area contributed by atoms with Crippen LogP contribution in [0.5, 0.6) is 5.75 Å². The molecule has 0 aliphatic rings. The first-order chi connectivity index (χ1) is 8.74. The molecule has 0 aliphatic heterocycles. The van der Waals surface area contributed by atoms with E-state index in [0.717, 1.165) is 17.1 Å². The zero-order valence-electron chi connectivity index (χ0n) is 10.8. The lowest BCUT2D eigenvalue weighted by Gasteiger charge is -2.10. The maximum atomic E-state index is 5.20. The summed E-state index contributed by atoms with van der Waals surface area (Å²) < 4.78 is 6.99. The van der Waals surface area contributed by atoms with Crippen LogP contribution in [0.25, 0.3) is 0 Å². The standard InChI is InChI=1S/C12H17N5O/c1-9(13-2)12-14-15-16-17(12)8-10-5-4-6-11(7-10)18-3/h4-7,9,13H,8H2,1-3H3. The van der Waals surface area contributed by atoms with E-state index in [-0.39, 0.29) is 6.04 Å². The molecular formula is C12H17N5O. The van der Waals surface area contributed by atoms with Crippen LogP contribution in [-0.4, -0.2) is 34.4 Å². The van der Waals surface area contributed by atoms with Gasteiger partial charge in [-0.1, -0.05) is 12.1 Å². The van der Waals surface area contributed by atoms with Crippen molar-refractivity contribution in [2.45, 2.75) is 19.5 Å². The van der Waals surface area contributed by atoms with Gasteiger partial charge in [-0.3, -0.25) is 0 Å². The molecule has 0 spiro atoms. The molecule has 0 radical (unpaired) electrons. The second-order valence-corrected chi connectivity index (χ2v) is 4.06. The molecule has 0 fully saturated rings. The summed E-state index contributed by atoms with van der Waals surface area (Å²) in [5, 5.41) is 14.9. The zero-order valence-corrected chi connectivity index (χ0v) is 10.8. The quantitative estimate of drug-likeness (QED) is 0.854. The zero-order chi connectivity index (χ0) is 13.0. The lowest BCUT2D eigenvalue weighted by Crippen LogP contribution is -2.19. The molecule has 0 amide bonds. The number of rotatable bonds is 5. The number of nitrogens with one attached hydrogen (secondary N) is 1. The van der Waals surface area contributed by atoms with E-state index in [1.165, 1.54) is 0 Å². The monoisotopic (exact) mass is 247 g/mol. The Morgan fingerprint density at radius 3 is 3.00 bits per heavy atom. The first kappa shape index (κ1) is 12.5. The van der Waals surface area contributed by atoms with E-state index in [1.807, 2.05) is 38.2 Å². The fraction of sp³-hybridized carbons (Fsp3) is 0.417. The number of ether oxygens (including phenoxy) is 1. The van der Waals surface area contributed by atoms with Gasteiger partial charge in [0, 0.05) is 0 Å². The molecule has 0 saturated heterocycles. The maximum Gasteiger partial charge on any atom is 0.168 e. The second-order valence-electron chi connectivity index (χ2n) is 4.06. The average Bonchev–Trinajstić information content (AvgIpc) is 2.86. The Hall–Kier alpha value is -1.95. The van der Waals surface area contributed by atoms with Crippen LogP contribution in [0.1, 0.15) is 24.4 Å². The minimum Gasteiger partial charge on any atom is -0.497 e. The molecule has 1 aromatic heterocycles. The van der Waals surface area contributed by atoms with Gasteiger partial charge in [-0.15, -0.1) is 5.10 Å². The van der Waals surface area contributed by atoms with Gasteiger partial charge in [0.25, 0.3) is 0 Å². The van der Waals surface area contributed by atoms with Crippen molar-refractivity contribution in [3.63, 3.8) is 0 Å². The van der Waals surface area contributed by atoms with Gasteiger partial charge in [0.1, 0.15) is 5.75 Å². The highest BCUT2D eigenvalue weighted by Gasteiger charge is 2.12. The lowest BCUT2D eigenvalue weighted by atomic mass is 10.2. The van der Waals surface area contributed by atoms with Crippen molar-refractivity contribution in [3.8, 4) is 5.75 Å². The molecule has 6 nitrogen and oxygen atoms in total. The molecule has 18 heavy (non-hydrogen) atoms. The van der Waals surface area contributed by atoms with Crippen molar-refractivity contribution in [2.75, 3.05) is 14.2 Å². The van der Waals surface area contributed by atoms with Gasteiger partial charge >= 0.3 is 0 Å². The van der Waals surface area contributed by atoms with Gasteiger partial charge in [-0.2, -0.15) is 0 Å². The number of aromatic nitrogens is 4. The molecule has 2 rings (SSSR count). The fourth-order valence-corrected chi connectivity index (χ4v) is 1.71. The molecule has 1 heterocycles. The third-order valence-corrected chi connectivity index (χ3v) is 2.85. The van der Waals surface area contributed by atoms with Crippen molar-refractivity contribution < 1.29 is 4.74 Å². The lowest BCUT2D eigenvalue weighted by molar-refractivity contribution is 0.414. The number of methoxy groups -OCH3 is 1. The molecular weight excluding hydrogens is 230 g/mol. The molecule has 1 aromatic carbocycles. The maximum absolute atomic E-state index is 5.20. The summed E-state index contributed by atoms with van der Waals surface area (Å²) in [6, 6.07) is 8.00. The topological polar surface area (TPSA) is 64.9 Å². The minimum absolute atomic E-state index is 0.116. The largest absolute Gasteiger partial charge is 0.497 e. The molecule has 1 unspecified atom stereocenters. The summed E-state index contributed by atoms with van der Waals surface area (Å²) in [6.07, 6.45) is 0. The predicted octanol–water partition coefficient (Wildman–Crippen LogP) is 1.01. The second kappa shape index (κ2) is 5.59. The van der Waals surface area contributed by atoms with E-state index >= 15 is 0 Å². The summed E-state index contributed by atoms with van der Waals surface area (Å²) in [4.78, 5) is 0. The summed E-state index contributed by atoms with van der Waals surface area (Å²) in [7, 11) is 3.54. The number of nitrogens with zero attached hydrogens (tertiary/aromatic N) is 4. The van der Waals surface area contributed by atoms with Gasteiger partial charge in [-0.05, 0) is 42.1 Å². The SMILES string of the molecule is CNC(C)c1nnnn1Cc1cccc(OC)c1. The normalized spacial score (nSPS) is 12.4. The van der Waals surface area contributed by atoms with E-state index in [1.54, 1.807) is 11.8 Å². The molecule has 0 bridgehead atoms. The number of tetrazole rings is 1. The van der Waals surface area contributed by atoms with Gasteiger partial charge in [0.15, 0.2) is 5.82 Å². The van der Waals surface area contributed by atoms with Crippen LogP contribution in [0.15, 0.2) is 24.3 Å². The van der Waals surface area contributed by atoms with Crippen LogP contribution in [0.4, 0.5) is 0 Å². The van der Waals surface area contributed by atoms with E-state index in [9.17, 15) is 0 Å². The fourth-order valence-electron chi connectivity index (χ4n) is 1.71. The Labute approximate surface area is 106 Å². The van der Waals surface area contributed by atoms with Gasteiger partial charge < -0.3 is 10.1 Å². The third-order valence-electron chi connectivity index (χ3n) is 2.85. The van der Waals surface area contributed by atoms with Crippen LogP contribution < -0.4 is 10.1 Å². The molecule has 0 aliphatic carbocycles. The van der Waals surface area contributed by atoms with Crippen molar-refractivity contribution >= 4 is 0 Å². The van der Waals surface area contributed by atoms with E-state index < -0.39 is 0 Å². The highest BCUT2D eigenvalue weighted by Crippen LogP contribution is 2.15. The summed E-state index contributed by atoms with van der Waals surface area (Å²) >= 11 is 0. The van der Waals surface area contributed by atoms with E-state index in [0.29, 0.717) is 6.54 Å². The van der Waals surface area contributed by atoms with Gasteiger partial charge in [0.05, 0.1) is 19.7 Å².